The Kier molecular flexibility index (Phi) is 9.19. The van der Waals surface area contributed by atoms with Crippen LogP contribution in [0.4, 0.5) is 0 Å². The molecule has 2 unspecified atom stereocenters. The van der Waals surface area contributed by atoms with E-state index in [-0.39, 0.29) is 11.5 Å². The van der Waals surface area contributed by atoms with Gasteiger partial charge in [-0.1, -0.05) is 69.2 Å². The molecule has 0 N–H and O–H groups in total. The lowest BCUT2D eigenvalue weighted by Gasteiger charge is -2.34. The van der Waals surface area contributed by atoms with Crippen molar-refractivity contribution in [3.8, 4) is 11.4 Å². The zero-order chi connectivity index (χ0) is 27.1. The van der Waals surface area contributed by atoms with Crippen LogP contribution in [0.15, 0.2) is 83.7 Å². The van der Waals surface area contributed by atoms with Crippen LogP contribution in [0.2, 0.25) is 0 Å². The first-order chi connectivity index (χ1) is 18.5. The molecule has 0 fully saturated rings. The number of unbranched alkanes of at least 4 members (excludes halogenated alkanes) is 2. The third-order valence-electron chi connectivity index (χ3n) is 6.79. The molecule has 0 aliphatic rings. The van der Waals surface area contributed by atoms with E-state index in [9.17, 15) is 9.59 Å². The van der Waals surface area contributed by atoms with E-state index in [0.29, 0.717) is 41.1 Å². The number of nitrogens with zero attached hydrogens (tertiary/aromatic N) is 3. The Morgan fingerprint density at radius 2 is 1.66 bits per heavy atom. The van der Waals surface area contributed by atoms with E-state index in [4.69, 9.17) is 21.3 Å². The number of alkyl halides is 1. The lowest BCUT2D eigenvalue weighted by atomic mass is 10.1. The summed E-state index contributed by atoms with van der Waals surface area (Å²) in [4.78, 5) is 34.6. The maximum Gasteiger partial charge on any atom is 0.266 e. The normalized spacial score (nSPS) is 12.7. The van der Waals surface area contributed by atoms with Gasteiger partial charge in [-0.15, -0.1) is 11.6 Å². The molecule has 6 nitrogen and oxygen atoms in total. The molecule has 0 bridgehead atoms. The molecule has 0 spiro atoms. The van der Waals surface area contributed by atoms with E-state index in [1.807, 2.05) is 84.6 Å². The fourth-order valence-electron chi connectivity index (χ4n) is 4.76. The van der Waals surface area contributed by atoms with Gasteiger partial charge in [0.25, 0.3) is 5.56 Å². The average Bonchev–Trinajstić information content (AvgIpc) is 2.97. The van der Waals surface area contributed by atoms with E-state index >= 15 is 0 Å². The number of halogens is 1. The first-order valence-electron chi connectivity index (χ1n) is 13.2. The Morgan fingerprint density at radius 1 is 0.974 bits per heavy atom. The zero-order valence-electron chi connectivity index (χ0n) is 22.1. The highest BCUT2D eigenvalue weighted by Crippen LogP contribution is 2.32. The van der Waals surface area contributed by atoms with Gasteiger partial charge in [0, 0.05) is 6.54 Å². The third kappa shape index (κ3) is 5.76. The first-order valence-corrected chi connectivity index (χ1v) is 13.6. The van der Waals surface area contributed by atoms with Crippen LogP contribution in [0.1, 0.15) is 62.3 Å². The number of hydrogen-bond acceptors (Lipinski definition) is 4. The number of aromatic nitrogens is 2. The summed E-state index contributed by atoms with van der Waals surface area (Å²) in [6.45, 7) is 4.66. The Balaban J connectivity index is 1.88. The molecule has 0 saturated heterocycles. The quantitative estimate of drug-likeness (QED) is 0.157. The standard InChI is InChI=1S/C31H34ClN3O3/c1-4-6-12-21-34(31(37)28(32)22-13-8-7-9-14-22)27(5-2)29-33-26-16-11-10-15-25(26)30(36)35(29)23-17-19-24(38-3)20-18-23/h7-11,13-20,27-28H,4-6,12,21H2,1-3H3. The van der Waals surface area contributed by atoms with Crippen molar-refractivity contribution >= 4 is 28.4 Å². The van der Waals surface area contributed by atoms with Gasteiger partial charge < -0.3 is 9.64 Å². The van der Waals surface area contributed by atoms with Crippen LogP contribution < -0.4 is 10.3 Å². The van der Waals surface area contributed by atoms with Gasteiger partial charge in [0.2, 0.25) is 5.91 Å². The summed E-state index contributed by atoms with van der Waals surface area (Å²) < 4.78 is 6.95. The van der Waals surface area contributed by atoms with Gasteiger partial charge in [0.1, 0.15) is 17.0 Å². The van der Waals surface area contributed by atoms with Crippen molar-refractivity contribution < 1.29 is 9.53 Å². The number of para-hydroxylation sites is 1. The van der Waals surface area contributed by atoms with Crippen molar-refractivity contribution in [3.63, 3.8) is 0 Å². The van der Waals surface area contributed by atoms with Crippen LogP contribution in [0, 0.1) is 0 Å². The van der Waals surface area contributed by atoms with Gasteiger partial charge in [-0.05, 0) is 54.8 Å². The van der Waals surface area contributed by atoms with E-state index in [2.05, 4.69) is 6.92 Å². The molecule has 2 atom stereocenters. The Bertz CT molecular complexity index is 1420. The highest BCUT2D eigenvalue weighted by Gasteiger charge is 2.32. The predicted octanol–water partition coefficient (Wildman–Crippen LogP) is 6.84. The van der Waals surface area contributed by atoms with E-state index in [0.717, 1.165) is 24.8 Å². The van der Waals surface area contributed by atoms with Crippen molar-refractivity contribution in [2.45, 2.75) is 50.9 Å². The van der Waals surface area contributed by atoms with Crippen LogP contribution in [-0.2, 0) is 4.79 Å². The summed E-state index contributed by atoms with van der Waals surface area (Å²) in [5, 5.41) is -0.321. The number of methoxy groups -OCH3 is 1. The average molecular weight is 532 g/mol. The van der Waals surface area contributed by atoms with Gasteiger partial charge in [0.15, 0.2) is 0 Å². The highest BCUT2D eigenvalue weighted by atomic mass is 35.5. The number of hydrogen-bond donors (Lipinski definition) is 0. The molecule has 198 valence electrons. The van der Waals surface area contributed by atoms with E-state index in [1.165, 1.54) is 0 Å². The molecule has 3 aromatic carbocycles. The van der Waals surface area contributed by atoms with Gasteiger partial charge in [-0.3, -0.25) is 14.2 Å². The maximum atomic E-state index is 14.0. The summed E-state index contributed by atoms with van der Waals surface area (Å²) in [5.74, 6) is 1.01. The van der Waals surface area contributed by atoms with Crippen molar-refractivity contribution in [2.24, 2.45) is 0 Å². The fraction of sp³-hybridized carbons (Fsp3) is 0.323. The molecular weight excluding hydrogens is 498 g/mol. The fourth-order valence-corrected chi connectivity index (χ4v) is 5.03. The lowest BCUT2D eigenvalue weighted by molar-refractivity contribution is -0.133. The second-order valence-electron chi connectivity index (χ2n) is 9.26. The van der Waals surface area contributed by atoms with Crippen LogP contribution in [-0.4, -0.2) is 34.0 Å². The zero-order valence-corrected chi connectivity index (χ0v) is 22.9. The van der Waals surface area contributed by atoms with Gasteiger partial charge in [-0.2, -0.15) is 0 Å². The number of fused-ring (bicyclic) bond motifs is 1. The molecule has 4 aromatic rings. The second-order valence-corrected chi connectivity index (χ2v) is 9.70. The molecule has 1 aromatic heterocycles. The smallest absolute Gasteiger partial charge is 0.266 e. The number of carbonyl (C=O) groups is 1. The molecule has 0 aliphatic heterocycles. The van der Waals surface area contributed by atoms with Crippen molar-refractivity contribution in [1.82, 2.24) is 14.5 Å². The van der Waals surface area contributed by atoms with Gasteiger partial charge >= 0.3 is 0 Å². The molecule has 4 rings (SSSR count). The second kappa shape index (κ2) is 12.7. The van der Waals surface area contributed by atoms with Crippen LogP contribution in [0.3, 0.4) is 0 Å². The number of rotatable bonds is 11. The third-order valence-corrected chi connectivity index (χ3v) is 7.23. The van der Waals surface area contributed by atoms with Crippen molar-refractivity contribution in [1.29, 1.82) is 0 Å². The number of amides is 1. The number of ether oxygens (including phenoxy) is 1. The molecule has 1 heterocycles. The number of carbonyl (C=O) groups excluding carboxylic acids is 1. The monoisotopic (exact) mass is 531 g/mol. The molecule has 0 saturated carbocycles. The molecule has 0 aliphatic carbocycles. The minimum atomic E-state index is -0.839. The van der Waals surface area contributed by atoms with Crippen molar-refractivity contribution in [3.05, 3.63) is 101 Å². The first kappa shape index (κ1) is 27.4. The summed E-state index contributed by atoms with van der Waals surface area (Å²) in [5.41, 5.74) is 1.82. The van der Waals surface area contributed by atoms with E-state index in [1.54, 1.807) is 17.7 Å². The molecular formula is C31H34ClN3O3. The molecule has 7 heteroatoms. The summed E-state index contributed by atoms with van der Waals surface area (Å²) in [6, 6.07) is 23.6. The molecule has 0 radical (unpaired) electrons. The Morgan fingerprint density at radius 3 is 2.32 bits per heavy atom. The Hall–Kier alpha value is -3.64. The highest BCUT2D eigenvalue weighted by molar-refractivity contribution is 6.30. The topological polar surface area (TPSA) is 64.4 Å². The Labute approximate surface area is 228 Å². The van der Waals surface area contributed by atoms with E-state index < -0.39 is 11.4 Å². The van der Waals surface area contributed by atoms with Gasteiger partial charge in [0.05, 0.1) is 29.7 Å². The number of benzene rings is 3. The van der Waals surface area contributed by atoms with Crippen LogP contribution in [0.25, 0.3) is 16.6 Å². The minimum absolute atomic E-state index is 0.180. The summed E-state index contributed by atoms with van der Waals surface area (Å²) >= 11 is 6.78. The maximum absolute atomic E-state index is 14.0. The summed E-state index contributed by atoms with van der Waals surface area (Å²) in [7, 11) is 1.60. The SMILES string of the molecule is CCCCCN(C(=O)C(Cl)c1ccccc1)C(CC)c1nc2ccccc2c(=O)n1-c1ccc(OC)cc1. The molecule has 1 amide bonds. The van der Waals surface area contributed by atoms with Crippen molar-refractivity contribution in [2.75, 3.05) is 13.7 Å². The largest absolute Gasteiger partial charge is 0.497 e. The lowest BCUT2D eigenvalue weighted by Crippen LogP contribution is -2.40. The van der Waals surface area contributed by atoms with Crippen LogP contribution >= 0.6 is 11.6 Å². The molecule has 38 heavy (non-hydrogen) atoms. The predicted molar refractivity (Wildman–Crippen MR) is 153 cm³/mol. The van der Waals surface area contributed by atoms with Crippen LogP contribution in [0.5, 0.6) is 5.75 Å². The minimum Gasteiger partial charge on any atom is -0.497 e. The van der Waals surface area contributed by atoms with Gasteiger partial charge in [-0.25, -0.2) is 4.98 Å². The summed E-state index contributed by atoms with van der Waals surface area (Å²) in [6.07, 6.45) is 3.40.